The molecule has 0 aromatic carbocycles. The summed E-state index contributed by atoms with van der Waals surface area (Å²) in [5.74, 6) is -0.939. The molecule has 1 unspecified atom stereocenters. The topological polar surface area (TPSA) is 78.9 Å². The molecule has 0 aromatic heterocycles. The largest absolute Gasteiger partial charge is 0.481 e. The summed E-state index contributed by atoms with van der Waals surface area (Å²) < 4.78 is 4.94. The summed E-state index contributed by atoms with van der Waals surface area (Å²) >= 11 is 0. The van der Waals surface area contributed by atoms with E-state index in [0.717, 1.165) is 6.42 Å². The Labute approximate surface area is 108 Å². The van der Waals surface area contributed by atoms with Gasteiger partial charge in [0.25, 0.3) is 0 Å². The fourth-order valence-corrected chi connectivity index (χ4v) is 1.37. The lowest BCUT2D eigenvalue weighted by molar-refractivity contribution is -0.137. The Kier molecular flexibility index (Phi) is 9.22. The average molecular weight is 260 g/mol. The van der Waals surface area contributed by atoms with Crippen LogP contribution in [0.1, 0.15) is 26.7 Å². The molecule has 6 heteroatoms. The van der Waals surface area contributed by atoms with Gasteiger partial charge in [0.1, 0.15) is 0 Å². The highest BCUT2D eigenvalue weighted by atomic mass is 16.5. The molecule has 0 saturated heterocycles. The second-order valence-electron chi connectivity index (χ2n) is 4.29. The van der Waals surface area contributed by atoms with E-state index in [1.54, 1.807) is 12.0 Å². The molecular weight excluding hydrogens is 236 g/mol. The predicted octanol–water partition coefficient (Wildman–Crippen LogP) is 0.324. The number of carbonyl (C=O) groups is 2. The van der Waals surface area contributed by atoms with Gasteiger partial charge in [-0.2, -0.15) is 0 Å². The molecule has 0 fully saturated rings. The first-order valence-corrected chi connectivity index (χ1v) is 6.22. The van der Waals surface area contributed by atoms with Gasteiger partial charge < -0.3 is 15.2 Å². The Bertz CT molecular complexity index is 258. The Hall–Kier alpha value is -1.14. The number of aliphatic carboxylic acids is 1. The first kappa shape index (κ1) is 16.9. The molecule has 2 N–H and O–H groups in total. The van der Waals surface area contributed by atoms with E-state index in [0.29, 0.717) is 19.7 Å². The number of hydrogen-bond acceptors (Lipinski definition) is 4. The molecule has 0 aliphatic rings. The van der Waals surface area contributed by atoms with Crippen LogP contribution in [0.3, 0.4) is 0 Å². The highest BCUT2D eigenvalue weighted by Crippen LogP contribution is 1.94. The van der Waals surface area contributed by atoms with Gasteiger partial charge in [0.15, 0.2) is 0 Å². The van der Waals surface area contributed by atoms with E-state index < -0.39 is 5.97 Å². The van der Waals surface area contributed by atoms with Crippen LogP contribution in [0.4, 0.5) is 0 Å². The number of amides is 1. The number of nitrogens with one attached hydrogen (secondary N) is 1. The van der Waals surface area contributed by atoms with Crippen molar-refractivity contribution in [2.45, 2.75) is 32.7 Å². The van der Waals surface area contributed by atoms with E-state index in [-0.39, 0.29) is 24.9 Å². The van der Waals surface area contributed by atoms with Crippen LogP contribution in [-0.4, -0.2) is 61.3 Å². The molecule has 0 rings (SSSR count). The van der Waals surface area contributed by atoms with Crippen molar-refractivity contribution >= 4 is 11.9 Å². The smallest absolute Gasteiger partial charge is 0.304 e. The third kappa shape index (κ3) is 8.95. The molecule has 0 radical (unpaired) electrons. The fraction of sp³-hybridized carbons (Fsp3) is 0.833. The normalized spacial score (nSPS) is 12.4. The predicted molar refractivity (Wildman–Crippen MR) is 68.5 cm³/mol. The maximum Gasteiger partial charge on any atom is 0.304 e. The van der Waals surface area contributed by atoms with E-state index in [9.17, 15) is 9.59 Å². The fourth-order valence-electron chi connectivity index (χ4n) is 1.37. The Balaban J connectivity index is 4.11. The van der Waals surface area contributed by atoms with Gasteiger partial charge in [0.05, 0.1) is 19.6 Å². The monoisotopic (exact) mass is 260 g/mol. The summed E-state index contributed by atoms with van der Waals surface area (Å²) in [6.45, 7) is 5.54. The standard InChI is InChI=1S/C12H24N2O4/c1-4-10(2)13-11(15)9-14(7-8-18-3)6-5-12(16)17/h10H,4-9H2,1-3H3,(H,13,15)(H,16,17). The number of carbonyl (C=O) groups excluding carboxylic acids is 1. The molecule has 1 atom stereocenters. The van der Waals surface area contributed by atoms with Crippen molar-refractivity contribution in [2.75, 3.05) is 33.4 Å². The minimum Gasteiger partial charge on any atom is -0.481 e. The van der Waals surface area contributed by atoms with E-state index >= 15 is 0 Å². The van der Waals surface area contributed by atoms with Crippen molar-refractivity contribution in [2.24, 2.45) is 0 Å². The lowest BCUT2D eigenvalue weighted by Gasteiger charge is -2.21. The van der Waals surface area contributed by atoms with Gasteiger partial charge in [-0.3, -0.25) is 14.5 Å². The third-order valence-electron chi connectivity index (χ3n) is 2.64. The van der Waals surface area contributed by atoms with Gasteiger partial charge in [-0.25, -0.2) is 0 Å². The molecule has 18 heavy (non-hydrogen) atoms. The van der Waals surface area contributed by atoms with Crippen molar-refractivity contribution in [1.29, 1.82) is 0 Å². The highest BCUT2D eigenvalue weighted by molar-refractivity contribution is 5.78. The van der Waals surface area contributed by atoms with Crippen LogP contribution in [0.2, 0.25) is 0 Å². The zero-order chi connectivity index (χ0) is 14.0. The molecule has 0 heterocycles. The maximum absolute atomic E-state index is 11.7. The number of rotatable bonds is 10. The molecule has 0 spiro atoms. The van der Waals surface area contributed by atoms with E-state index in [1.807, 2.05) is 13.8 Å². The van der Waals surface area contributed by atoms with E-state index in [2.05, 4.69) is 5.32 Å². The van der Waals surface area contributed by atoms with Gasteiger partial charge in [-0.1, -0.05) is 6.92 Å². The SMILES string of the molecule is CCC(C)NC(=O)CN(CCOC)CCC(=O)O. The summed E-state index contributed by atoms with van der Waals surface area (Å²) in [7, 11) is 1.58. The second-order valence-corrected chi connectivity index (χ2v) is 4.29. The van der Waals surface area contributed by atoms with Crippen molar-refractivity contribution in [1.82, 2.24) is 10.2 Å². The highest BCUT2D eigenvalue weighted by Gasteiger charge is 2.13. The van der Waals surface area contributed by atoms with Gasteiger partial charge in [-0.15, -0.1) is 0 Å². The van der Waals surface area contributed by atoms with Crippen LogP contribution in [-0.2, 0) is 14.3 Å². The molecule has 0 aliphatic carbocycles. The molecule has 0 saturated carbocycles. The van der Waals surface area contributed by atoms with Crippen LogP contribution in [0.5, 0.6) is 0 Å². The van der Waals surface area contributed by atoms with Crippen molar-refractivity contribution in [3.63, 3.8) is 0 Å². The summed E-state index contributed by atoms with van der Waals surface area (Å²) in [4.78, 5) is 24.0. The molecule has 6 nitrogen and oxygen atoms in total. The zero-order valence-corrected chi connectivity index (χ0v) is 11.4. The number of ether oxygens (including phenoxy) is 1. The summed E-state index contributed by atoms with van der Waals surface area (Å²) in [6.07, 6.45) is 0.902. The summed E-state index contributed by atoms with van der Waals surface area (Å²) in [6, 6.07) is 0.140. The average Bonchev–Trinajstić information content (AvgIpc) is 2.32. The molecule has 106 valence electrons. The quantitative estimate of drug-likeness (QED) is 0.591. The summed E-state index contributed by atoms with van der Waals surface area (Å²) in [5.41, 5.74) is 0. The van der Waals surface area contributed by atoms with Crippen LogP contribution in [0, 0.1) is 0 Å². The first-order chi connectivity index (χ1) is 8.49. The number of carboxylic acids is 1. The number of carboxylic acid groups (broad SMARTS) is 1. The van der Waals surface area contributed by atoms with Gasteiger partial charge in [-0.05, 0) is 13.3 Å². The van der Waals surface area contributed by atoms with Gasteiger partial charge >= 0.3 is 5.97 Å². The first-order valence-electron chi connectivity index (χ1n) is 6.22. The molecule has 0 aliphatic heterocycles. The van der Waals surface area contributed by atoms with Crippen LogP contribution in [0.15, 0.2) is 0 Å². The second kappa shape index (κ2) is 9.85. The van der Waals surface area contributed by atoms with Gasteiger partial charge in [0, 0.05) is 26.2 Å². The molecule has 1 amide bonds. The third-order valence-corrected chi connectivity index (χ3v) is 2.64. The van der Waals surface area contributed by atoms with Crippen LogP contribution >= 0.6 is 0 Å². The number of nitrogens with zero attached hydrogens (tertiary/aromatic N) is 1. The minimum absolute atomic E-state index is 0.0281. The number of hydrogen-bond donors (Lipinski definition) is 2. The van der Waals surface area contributed by atoms with E-state index in [1.165, 1.54) is 0 Å². The lowest BCUT2D eigenvalue weighted by Crippen LogP contribution is -2.42. The van der Waals surface area contributed by atoms with Crippen molar-refractivity contribution < 1.29 is 19.4 Å². The van der Waals surface area contributed by atoms with Crippen molar-refractivity contribution in [3.05, 3.63) is 0 Å². The lowest BCUT2D eigenvalue weighted by atomic mass is 10.2. The van der Waals surface area contributed by atoms with Crippen LogP contribution < -0.4 is 5.32 Å². The zero-order valence-electron chi connectivity index (χ0n) is 11.4. The minimum atomic E-state index is -0.861. The van der Waals surface area contributed by atoms with Crippen LogP contribution in [0.25, 0.3) is 0 Å². The maximum atomic E-state index is 11.7. The Morgan fingerprint density at radius 1 is 1.39 bits per heavy atom. The van der Waals surface area contributed by atoms with Gasteiger partial charge in [0.2, 0.25) is 5.91 Å². The summed E-state index contributed by atoms with van der Waals surface area (Å²) in [5, 5.41) is 11.5. The van der Waals surface area contributed by atoms with Crippen molar-refractivity contribution in [3.8, 4) is 0 Å². The Morgan fingerprint density at radius 3 is 2.56 bits per heavy atom. The Morgan fingerprint density at radius 2 is 2.06 bits per heavy atom. The number of methoxy groups -OCH3 is 1. The van der Waals surface area contributed by atoms with E-state index in [4.69, 9.17) is 9.84 Å². The molecular formula is C12H24N2O4. The molecule has 0 bridgehead atoms. The molecule has 0 aromatic rings.